The molecule has 0 fully saturated rings. The minimum Gasteiger partial charge on any atom is -0.224 e. The summed E-state index contributed by atoms with van der Waals surface area (Å²) in [6.45, 7) is 2.06. The van der Waals surface area contributed by atoms with Gasteiger partial charge in [0.2, 0.25) is 0 Å². The highest BCUT2D eigenvalue weighted by molar-refractivity contribution is 9.10. The van der Waals surface area contributed by atoms with Crippen LogP contribution in [0, 0.1) is 0 Å². The minimum atomic E-state index is -3.09. The van der Waals surface area contributed by atoms with Crippen molar-refractivity contribution in [3.05, 3.63) is 28.7 Å². The van der Waals surface area contributed by atoms with Gasteiger partial charge in [0.05, 0.1) is 10.6 Å². The lowest BCUT2D eigenvalue weighted by molar-refractivity contribution is 0.591. The van der Waals surface area contributed by atoms with Crippen LogP contribution in [0.5, 0.6) is 0 Å². The molecule has 0 aromatic heterocycles. The molecule has 0 N–H and O–H groups in total. The van der Waals surface area contributed by atoms with E-state index in [1.165, 1.54) is 0 Å². The fraction of sp³-hybridized carbons (Fsp3) is 0.455. The van der Waals surface area contributed by atoms with Gasteiger partial charge in [-0.25, -0.2) is 8.42 Å². The summed E-state index contributed by atoms with van der Waals surface area (Å²) in [6, 6.07) is 6.87. The van der Waals surface area contributed by atoms with Crippen LogP contribution in [0.4, 0.5) is 0 Å². The maximum atomic E-state index is 11.8. The summed E-state index contributed by atoms with van der Waals surface area (Å²) < 4.78 is 24.5. The summed E-state index contributed by atoms with van der Waals surface area (Å²) in [5.74, 6) is 0.247. The molecule has 0 heterocycles. The number of sulfone groups is 1. The molecule has 1 aromatic carbocycles. The van der Waals surface area contributed by atoms with Gasteiger partial charge >= 0.3 is 0 Å². The number of hydrogen-bond donors (Lipinski definition) is 0. The molecule has 15 heavy (non-hydrogen) atoms. The second-order valence-electron chi connectivity index (χ2n) is 3.48. The summed E-state index contributed by atoms with van der Waals surface area (Å²) in [5, 5.41) is 0. The van der Waals surface area contributed by atoms with Gasteiger partial charge in [-0.05, 0) is 24.6 Å². The third-order valence-electron chi connectivity index (χ3n) is 2.17. The Labute approximate surface area is 99.7 Å². The van der Waals surface area contributed by atoms with Gasteiger partial charge in [0.1, 0.15) is 0 Å². The van der Waals surface area contributed by atoms with E-state index in [0.717, 1.165) is 23.7 Å². The van der Waals surface area contributed by atoms with Gasteiger partial charge in [-0.15, -0.1) is 0 Å². The van der Waals surface area contributed by atoms with E-state index in [1.807, 2.05) is 6.07 Å². The fourth-order valence-corrected chi connectivity index (χ4v) is 3.28. The zero-order chi connectivity index (χ0) is 11.3. The maximum absolute atomic E-state index is 11.8. The fourth-order valence-electron chi connectivity index (χ4n) is 1.32. The van der Waals surface area contributed by atoms with Crippen LogP contribution in [0.15, 0.2) is 33.6 Å². The molecule has 84 valence electrons. The van der Waals surface area contributed by atoms with Gasteiger partial charge in [0, 0.05) is 4.47 Å². The molecule has 0 spiro atoms. The normalized spacial score (nSPS) is 11.6. The van der Waals surface area contributed by atoms with Crippen molar-refractivity contribution in [1.82, 2.24) is 0 Å². The molecule has 1 aromatic rings. The van der Waals surface area contributed by atoms with Gasteiger partial charge in [-0.2, -0.15) is 0 Å². The molecule has 0 unspecified atom stereocenters. The van der Waals surface area contributed by atoms with Crippen molar-refractivity contribution >= 4 is 25.8 Å². The van der Waals surface area contributed by atoms with Crippen LogP contribution in [0.2, 0.25) is 0 Å². The Morgan fingerprint density at radius 2 is 2.00 bits per heavy atom. The van der Waals surface area contributed by atoms with Crippen LogP contribution in [-0.4, -0.2) is 14.2 Å². The molecular weight excluding hydrogens is 276 g/mol. The van der Waals surface area contributed by atoms with E-state index in [-0.39, 0.29) is 5.75 Å². The first-order valence-electron chi connectivity index (χ1n) is 5.04. The molecular formula is C11H15BrO2S. The monoisotopic (exact) mass is 290 g/mol. The van der Waals surface area contributed by atoms with E-state index in [1.54, 1.807) is 18.2 Å². The standard InChI is InChI=1S/C11H15BrO2S/c1-2-3-4-8-15(13,14)11-7-5-6-10(12)9-11/h5-7,9H,2-4,8H2,1H3. The lowest BCUT2D eigenvalue weighted by Crippen LogP contribution is -2.06. The van der Waals surface area contributed by atoms with Crippen LogP contribution in [0.1, 0.15) is 26.2 Å². The number of halogens is 1. The van der Waals surface area contributed by atoms with E-state index < -0.39 is 9.84 Å². The molecule has 0 radical (unpaired) electrons. The average molecular weight is 291 g/mol. The van der Waals surface area contributed by atoms with Crippen molar-refractivity contribution in [1.29, 1.82) is 0 Å². The molecule has 2 nitrogen and oxygen atoms in total. The molecule has 0 amide bonds. The topological polar surface area (TPSA) is 34.1 Å². The summed E-state index contributed by atoms with van der Waals surface area (Å²) in [6.07, 6.45) is 2.74. The van der Waals surface area contributed by atoms with Crippen molar-refractivity contribution < 1.29 is 8.42 Å². The summed E-state index contributed by atoms with van der Waals surface area (Å²) in [4.78, 5) is 0.410. The molecule has 0 saturated carbocycles. The average Bonchev–Trinajstić information content (AvgIpc) is 2.18. The van der Waals surface area contributed by atoms with E-state index in [2.05, 4.69) is 22.9 Å². The number of benzene rings is 1. The SMILES string of the molecule is CCCCCS(=O)(=O)c1cccc(Br)c1. The first kappa shape index (κ1) is 12.7. The van der Waals surface area contributed by atoms with E-state index >= 15 is 0 Å². The molecule has 4 heteroatoms. The van der Waals surface area contributed by atoms with Crippen molar-refractivity contribution in [3.63, 3.8) is 0 Å². The second-order valence-corrected chi connectivity index (χ2v) is 6.51. The van der Waals surface area contributed by atoms with Gasteiger partial charge in [-0.3, -0.25) is 0 Å². The van der Waals surface area contributed by atoms with Crippen LogP contribution >= 0.6 is 15.9 Å². The van der Waals surface area contributed by atoms with Gasteiger partial charge in [0.25, 0.3) is 0 Å². The van der Waals surface area contributed by atoms with Crippen molar-refractivity contribution in [2.45, 2.75) is 31.1 Å². The van der Waals surface area contributed by atoms with Crippen LogP contribution < -0.4 is 0 Å². The molecule has 1 rings (SSSR count). The molecule has 0 aliphatic rings. The molecule has 0 bridgehead atoms. The number of rotatable bonds is 5. The predicted octanol–water partition coefficient (Wildman–Crippen LogP) is 3.41. The molecule has 0 aliphatic carbocycles. The molecule has 0 saturated heterocycles. The van der Waals surface area contributed by atoms with Gasteiger partial charge < -0.3 is 0 Å². The first-order valence-corrected chi connectivity index (χ1v) is 7.49. The van der Waals surface area contributed by atoms with Crippen molar-refractivity contribution in [2.75, 3.05) is 5.75 Å². The van der Waals surface area contributed by atoms with Crippen molar-refractivity contribution in [2.24, 2.45) is 0 Å². The smallest absolute Gasteiger partial charge is 0.178 e. The highest BCUT2D eigenvalue weighted by Gasteiger charge is 2.13. The van der Waals surface area contributed by atoms with E-state index in [0.29, 0.717) is 4.90 Å². The van der Waals surface area contributed by atoms with Crippen LogP contribution in [0.25, 0.3) is 0 Å². The van der Waals surface area contributed by atoms with E-state index in [9.17, 15) is 8.42 Å². The van der Waals surface area contributed by atoms with E-state index in [4.69, 9.17) is 0 Å². The molecule has 0 atom stereocenters. The highest BCUT2D eigenvalue weighted by Crippen LogP contribution is 2.18. The Bertz CT molecular complexity index is 412. The largest absolute Gasteiger partial charge is 0.224 e. The van der Waals surface area contributed by atoms with Gasteiger partial charge in [0.15, 0.2) is 9.84 Å². The lowest BCUT2D eigenvalue weighted by atomic mass is 10.3. The second kappa shape index (κ2) is 5.66. The summed E-state index contributed by atoms with van der Waals surface area (Å²) in [7, 11) is -3.09. The number of unbranched alkanes of at least 4 members (excludes halogenated alkanes) is 2. The summed E-state index contributed by atoms with van der Waals surface area (Å²) >= 11 is 3.27. The Morgan fingerprint density at radius 3 is 2.60 bits per heavy atom. The third-order valence-corrected chi connectivity index (χ3v) is 4.46. The quantitative estimate of drug-likeness (QED) is 0.779. The maximum Gasteiger partial charge on any atom is 0.178 e. The Kier molecular flexibility index (Phi) is 4.80. The minimum absolute atomic E-state index is 0.247. The van der Waals surface area contributed by atoms with Gasteiger partial charge in [-0.1, -0.05) is 41.8 Å². The zero-order valence-corrected chi connectivity index (χ0v) is 11.1. The Morgan fingerprint density at radius 1 is 1.27 bits per heavy atom. The summed E-state index contributed by atoms with van der Waals surface area (Å²) in [5.41, 5.74) is 0. The highest BCUT2D eigenvalue weighted by atomic mass is 79.9. The third kappa shape index (κ3) is 3.95. The Balaban J connectivity index is 2.77. The lowest BCUT2D eigenvalue weighted by Gasteiger charge is -2.04. The van der Waals surface area contributed by atoms with Crippen LogP contribution in [0.3, 0.4) is 0 Å². The van der Waals surface area contributed by atoms with Crippen LogP contribution in [-0.2, 0) is 9.84 Å². The molecule has 0 aliphatic heterocycles. The predicted molar refractivity (Wildman–Crippen MR) is 65.7 cm³/mol. The zero-order valence-electron chi connectivity index (χ0n) is 8.74. The number of hydrogen-bond acceptors (Lipinski definition) is 2. The van der Waals surface area contributed by atoms with Crippen molar-refractivity contribution in [3.8, 4) is 0 Å². The Hall–Kier alpha value is -0.350. The first-order chi connectivity index (χ1) is 7.06.